The molecule has 0 radical (unpaired) electrons. The van der Waals surface area contributed by atoms with E-state index in [0.29, 0.717) is 38.8 Å². The van der Waals surface area contributed by atoms with Crippen molar-refractivity contribution in [2.45, 2.75) is 94.5 Å². The molecule has 0 aromatic carbocycles. The van der Waals surface area contributed by atoms with Crippen LogP contribution in [0, 0.1) is 5.41 Å². The van der Waals surface area contributed by atoms with Gasteiger partial charge < -0.3 is 59.9 Å². The van der Waals surface area contributed by atoms with E-state index >= 15 is 0 Å². The van der Waals surface area contributed by atoms with Gasteiger partial charge in [-0.3, -0.25) is 34.2 Å². The molecule has 0 aromatic rings. The summed E-state index contributed by atoms with van der Waals surface area (Å²) in [5, 5.41) is 31.3. The zero-order valence-electron chi connectivity index (χ0n) is 27.2. The second-order valence-corrected chi connectivity index (χ2v) is 12.2. The van der Waals surface area contributed by atoms with Gasteiger partial charge in [-0.15, -0.1) is 0 Å². The monoisotopic (exact) mass is 721 g/mol. The van der Waals surface area contributed by atoms with E-state index in [4.69, 9.17) is 28.3 Å². The molecule has 0 aromatic heterocycles. The molecule has 0 saturated carbocycles. The zero-order chi connectivity index (χ0) is 37.0. The van der Waals surface area contributed by atoms with E-state index in [2.05, 4.69) is 57.2 Å². The number of carbonyl (C=O) groups is 7. The quantitative estimate of drug-likeness (QED) is 0.0195. The topological polar surface area (TPSA) is 340 Å². The molecular formula is C27H51N11O8S2. The van der Waals surface area contributed by atoms with E-state index in [-0.39, 0.29) is 30.3 Å². The molecule has 0 aliphatic heterocycles. The lowest BCUT2D eigenvalue weighted by atomic mass is 10.00. The number of unbranched alkanes of at least 4 members (excludes halogenated alkanes) is 2. The van der Waals surface area contributed by atoms with Gasteiger partial charge in [0.15, 0.2) is 5.96 Å². The van der Waals surface area contributed by atoms with Crippen LogP contribution in [-0.4, -0.2) is 113 Å². The largest absolute Gasteiger partial charge is 0.480 e. The van der Waals surface area contributed by atoms with Crippen molar-refractivity contribution >= 4 is 72.6 Å². The highest BCUT2D eigenvalue weighted by Gasteiger charge is 2.37. The Labute approximate surface area is 290 Å². The summed E-state index contributed by atoms with van der Waals surface area (Å²) in [6, 6.07) is -6.28. The fourth-order valence-corrected chi connectivity index (χ4v) is 4.43. The van der Waals surface area contributed by atoms with Gasteiger partial charge in [0, 0.05) is 18.1 Å². The number of carboxylic acids is 1. The number of rotatable bonds is 24. The van der Waals surface area contributed by atoms with Crippen molar-refractivity contribution in [3.8, 4) is 0 Å². The molecule has 0 heterocycles. The van der Waals surface area contributed by atoms with Crippen molar-refractivity contribution in [2.75, 3.05) is 24.6 Å². The first kappa shape index (κ1) is 44.2. The van der Waals surface area contributed by atoms with E-state index in [9.17, 15) is 38.7 Å². The SMILES string of the molecule is CC(C)(NC(=O)[C@H](CCCCNC(=N)N)NC(=O)[C@H](CCCCN)NC(=O)[C@@H](N)CS)C(=O)N[C@@H](CC(N)=O)C(=O)N[C@@H](CS)C(=O)O. The zero-order valence-corrected chi connectivity index (χ0v) is 29.0. The first-order valence-corrected chi connectivity index (χ1v) is 16.5. The summed E-state index contributed by atoms with van der Waals surface area (Å²) in [4.78, 5) is 88.4. The first-order chi connectivity index (χ1) is 22.4. The van der Waals surface area contributed by atoms with Gasteiger partial charge in [-0.25, -0.2) is 4.79 Å². The van der Waals surface area contributed by atoms with E-state index in [1.54, 1.807) is 0 Å². The van der Waals surface area contributed by atoms with Crippen LogP contribution in [0.2, 0.25) is 0 Å². The van der Waals surface area contributed by atoms with Crippen LogP contribution in [0.4, 0.5) is 0 Å². The highest BCUT2D eigenvalue weighted by Crippen LogP contribution is 2.10. The molecule has 0 rings (SSSR count). The van der Waals surface area contributed by atoms with Gasteiger partial charge in [0.2, 0.25) is 35.4 Å². The first-order valence-electron chi connectivity index (χ1n) is 15.2. The fourth-order valence-electron chi connectivity index (χ4n) is 4.02. The predicted octanol–water partition coefficient (Wildman–Crippen LogP) is -4.25. The number of hydrogen-bond acceptors (Lipinski definition) is 12. The lowest BCUT2D eigenvalue weighted by molar-refractivity contribution is -0.142. The molecule has 274 valence electrons. The third-order valence-corrected chi connectivity index (χ3v) is 7.57. The fraction of sp³-hybridized carbons (Fsp3) is 0.704. The normalized spacial score (nSPS) is 14.2. The summed E-state index contributed by atoms with van der Waals surface area (Å²) in [7, 11) is 0. The molecule has 16 N–H and O–H groups in total. The van der Waals surface area contributed by atoms with Crippen LogP contribution >= 0.6 is 25.3 Å². The van der Waals surface area contributed by atoms with Gasteiger partial charge in [0.1, 0.15) is 29.7 Å². The summed E-state index contributed by atoms with van der Waals surface area (Å²) < 4.78 is 0. The second kappa shape index (κ2) is 22.7. The standard InChI is InChI=1S/C27H51N11O8S2/c1-27(2,25(46)37-17(11-19(30)39)22(42)36-18(13-48)24(44)45)38-23(43)16(8-4-6-10-33-26(31)32)35-21(41)15(7-3-5-9-28)34-20(40)14(29)12-47/h14-18,47-48H,3-13,28-29H2,1-2H3,(H2,30,39)(H,34,40)(H,35,41)(H,36,42)(H,37,46)(H,38,43)(H,44,45)(H4,31,32,33)/t14-,15-,16-,17-,18-/m0/s1. The van der Waals surface area contributed by atoms with Crippen molar-refractivity contribution in [3.63, 3.8) is 0 Å². The number of primary amides is 1. The van der Waals surface area contributed by atoms with Crippen LogP contribution < -0.4 is 54.8 Å². The Morgan fingerprint density at radius 1 is 0.750 bits per heavy atom. The third-order valence-electron chi connectivity index (χ3n) is 6.81. The van der Waals surface area contributed by atoms with Crippen LogP contribution in [0.1, 0.15) is 58.8 Å². The Morgan fingerprint density at radius 3 is 1.77 bits per heavy atom. The number of guanidine groups is 1. The smallest absolute Gasteiger partial charge is 0.327 e. The van der Waals surface area contributed by atoms with Crippen LogP contribution in [-0.2, 0) is 33.6 Å². The predicted molar refractivity (Wildman–Crippen MR) is 184 cm³/mol. The van der Waals surface area contributed by atoms with Crippen LogP contribution in [0.3, 0.4) is 0 Å². The number of nitrogens with one attached hydrogen (secondary N) is 7. The number of thiol groups is 2. The van der Waals surface area contributed by atoms with E-state index in [1.165, 1.54) is 13.8 Å². The van der Waals surface area contributed by atoms with E-state index < -0.39 is 83.6 Å². The summed E-state index contributed by atoms with van der Waals surface area (Å²) in [5.41, 5.74) is 20.1. The van der Waals surface area contributed by atoms with Crippen molar-refractivity contribution in [1.29, 1.82) is 5.41 Å². The summed E-state index contributed by atoms with van der Waals surface area (Å²) >= 11 is 7.88. The Kier molecular flexibility index (Phi) is 20.9. The number of nitrogens with two attached hydrogens (primary N) is 4. The number of hydrogen-bond donors (Lipinski definition) is 14. The van der Waals surface area contributed by atoms with E-state index in [1.807, 2.05) is 0 Å². The maximum absolute atomic E-state index is 13.6. The minimum absolute atomic E-state index is 0.0245. The van der Waals surface area contributed by atoms with E-state index in [0.717, 1.165) is 0 Å². The molecule has 0 aliphatic carbocycles. The maximum Gasteiger partial charge on any atom is 0.327 e. The minimum Gasteiger partial charge on any atom is -0.480 e. The highest BCUT2D eigenvalue weighted by molar-refractivity contribution is 7.80. The van der Waals surface area contributed by atoms with Crippen molar-refractivity contribution in [3.05, 3.63) is 0 Å². The second-order valence-electron chi connectivity index (χ2n) is 11.4. The minimum atomic E-state index is -1.74. The van der Waals surface area contributed by atoms with Gasteiger partial charge in [-0.05, 0) is 58.9 Å². The molecule has 21 heteroatoms. The highest BCUT2D eigenvalue weighted by atomic mass is 32.1. The Morgan fingerprint density at radius 2 is 1.27 bits per heavy atom. The number of aliphatic carboxylic acids is 1. The van der Waals surface area contributed by atoms with Crippen molar-refractivity contribution in [2.24, 2.45) is 22.9 Å². The summed E-state index contributed by atoms with van der Waals surface area (Å²) in [6.07, 6.45) is 1.43. The van der Waals surface area contributed by atoms with Gasteiger partial charge >= 0.3 is 5.97 Å². The maximum atomic E-state index is 13.6. The molecule has 0 fully saturated rings. The van der Waals surface area contributed by atoms with Crippen LogP contribution in [0.15, 0.2) is 0 Å². The molecular weight excluding hydrogens is 671 g/mol. The Balaban J connectivity index is 6.02. The van der Waals surface area contributed by atoms with Gasteiger partial charge in [0.25, 0.3) is 0 Å². The molecule has 0 aliphatic rings. The molecule has 0 spiro atoms. The molecule has 0 unspecified atom stereocenters. The molecule has 0 saturated heterocycles. The molecule has 48 heavy (non-hydrogen) atoms. The van der Waals surface area contributed by atoms with Gasteiger partial charge in [0.05, 0.1) is 12.5 Å². The molecule has 5 atom stereocenters. The number of amides is 6. The van der Waals surface area contributed by atoms with Crippen molar-refractivity contribution < 1.29 is 38.7 Å². The summed E-state index contributed by atoms with van der Waals surface area (Å²) in [5.74, 6) is -6.92. The van der Waals surface area contributed by atoms with Crippen LogP contribution in [0.5, 0.6) is 0 Å². The third kappa shape index (κ3) is 17.4. The summed E-state index contributed by atoms with van der Waals surface area (Å²) in [6.45, 7) is 3.27. The lowest BCUT2D eigenvalue weighted by Gasteiger charge is -2.30. The molecule has 19 nitrogen and oxygen atoms in total. The average molecular weight is 722 g/mol. The Hall–Kier alpha value is -3.82. The van der Waals surface area contributed by atoms with Crippen molar-refractivity contribution in [1.82, 2.24) is 31.9 Å². The van der Waals surface area contributed by atoms with Crippen LogP contribution in [0.25, 0.3) is 0 Å². The van der Waals surface area contributed by atoms with Gasteiger partial charge in [-0.1, -0.05) is 0 Å². The number of carbonyl (C=O) groups excluding carboxylic acids is 6. The lowest BCUT2D eigenvalue weighted by Crippen LogP contribution is -2.63. The molecule has 0 bridgehead atoms. The Bertz CT molecular complexity index is 1140. The number of carboxylic acid groups (broad SMARTS) is 1. The van der Waals surface area contributed by atoms with Gasteiger partial charge in [-0.2, -0.15) is 25.3 Å². The average Bonchev–Trinajstić information content (AvgIpc) is 3.00. The molecule has 6 amide bonds.